The Bertz CT molecular complexity index is 428. The minimum absolute atomic E-state index is 0.524. The van der Waals surface area contributed by atoms with E-state index in [2.05, 4.69) is 16.8 Å². The third-order valence-electron chi connectivity index (χ3n) is 3.57. The Morgan fingerprint density at radius 3 is 2.26 bits per heavy atom. The highest BCUT2D eigenvalue weighted by molar-refractivity contribution is 7.98. The number of likely N-dealkylation sites (N-methyl/N-ethyl adjacent to an activating group) is 1. The van der Waals surface area contributed by atoms with Gasteiger partial charge in [0.1, 0.15) is 6.04 Å². The van der Waals surface area contributed by atoms with Crippen LogP contribution in [-0.4, -0.2) is 60.4 Å². The SMILES string of the molecule is CSc1ccc(C(C(=O)O)N2CCN(C)CC2)cc1. The summed E-state index contributed by atoms with van der Waals surface area (Å²) in [6.45, 7) is 3.45. The van der Waals surface area contributed by atoms with E-state index in [1.54, 1.807) is 11.8 Å². The van der Waals surface area contributed by atoms with Gasteiger partial charge in [0.25, 0.3) is 0 Å². The molecule has 0 aliphatic carbocycles. The summed E-state index contributed by atoms with van der Waals surface area (Å²) in [5.74, 6) is -0.763. The van der Waals surface area contributed by atoms with E-state index in [0.29, 0.717) is 0 Å². The molecule has 2 rings (SSSR count). The van der Waals surface area contributed by atoms with Gasteiger partial charge >= 0.3 is 5.97 Å². The minimum Gasteiger partial charge on any atom is -0.480 e. The molecule has 1 aliphatic heterocycles. The molecule has 1 heterocycles. The van der Waals surface area contributed by atoms with Crippen molar-refractivity contribution in [1.82, 2.24) is 9.80 Å². The molecule has 0 bridgehead atoms. The normalized spacial score (nSPS) is 19.3. The van der Waals surface area contributed by atoms with Crippen LogP contribution in [0.2, 0.25) is 0 Å². The van der Waals surface area contributed by atoms with Gasteiger partial charge in [-0.1, -0.05) is 12.1 Å². The van der Waals surface area contributed by atoms with Crippen LogP contribution in [0.15, 0.2) is 29.2 Å². The molecular formula is C14H20N2O2S. The highest BCUT2D eigenvalue weighted by Gasteiger charge is 2.29. The summed E-state index contributed by atoms with van der Waals surface area (Å²) in [4.78, 5) is 17.0. The van der Waals surface area contributed by atoms with E-state index in [0.717, 1.165) is 36.6 Å². The number of aliphatic carboxylic acids is 1. The summed E-state index contributed by atoms with van der Waals surface area (Å²) in [6, 6.07) is 7.33. The Hall–Kier alpha value is -1.04. The van der Waals surface area contributed by atoms with E-state index >= 15 is 0 Å². The molecule has 104 valence electrons. The molecule has 0 spiro atoms. The van der Waals surface area contributed by atoms with Crippen molar-refractivity contribution in [2.75, 3.05) is 39.5 Å². The van der Waals surface area contributed by atoms with Gasteiger partial charge in [0, 0.05) is 31.1 Å². The van der Waals surface area contributed by atoms with Crippen molar-refractivity contribution in [1.29, 1.82) is 0 Å². The molecule has 1 N–H and O–H groups in total. The minimum atomic E-state index is -0.763. The maximum atomic E-state index is 11.6. The van der Waals surface area contributed by atoms with Gasteiger partial charge in [-0.15, -0.1) is 11.8 Å². The number of benzene rings is 1. The molecular weight excluding hydrogens is 260 g/mol. The van der Waals surface area contributed by atoms with Crippen LogP contribution in [0.25, 0.3) is 0 Å². The Labute approximate surface area is 118 Å². The molecule has 1 fully saturated rings. The summed E-state index contributed by atoms with van der Waals surface area (Å²) in [6.07, 6.45) is 2.02. The van der Waals surface area contributed by atoms with Crippen LogP contribution in [0.5, 0.6) is 0 Å². The number of carboxylic acids is 1. The average Bonchev–Trinajstić information content (AvgIpc) is 2.42. The number of hydrogen-bond acceptors (Lipinski definition) is 4. The first kappa shape index (κ1) is 14.4. The average molecular weight is 280 g/mol. The number of carbonyl (C=O) groups is 1. The van der Waals surface area contributed by atoms with E-state index < -0.39 is 12.0 Å². The van der Waals surface area contributed by atoms with Gasteiger partial charge in [0.05, 0.1) is 0 Å². The van der Waals surface area contributed by atoms with Gasteiger partial charge in [0.15, 0.2) is 0 Å². The highest BCUT2D eigenvalue weighted by atomic mass is 32.2. The molecule has 1 aromatic rings. The van der Waals surface area contributed by atoms with Gasteiger partial charge in [-0.2, -0.15) is 0 Å². The van der Waals surface area contributed by atoms with Crippen molar-refractivity contribution in [2.45, 2.75) is 10.9 Å². The lowest BCUT2D eigenvalue weighted by molar-refractivity contribution is -0.144. The third kappa shape index (κ3) is 3.49. The van der Waals surface area contributed by atoms with Crippen molar-refractivity contribution >= 4 is 17.7 Å². The van der Waals surface area contributed by atoms with E-state index in [1.807, 2.05) is 30.5 Å². The number of hydrogen-bond donors (Lipinski definition) is 1. The van der Waals surface area contributed by atoms with E-state index in [1.165, 1.54) is 0 Å². The fraction of sp³-hybridized carbons (Fsp3) is 0.500. The fourth-order valence-corrected chi connectivity index (χ4v) is 2.78. The molecule has 1 aromatic carbocycles. The maximum Gasteiger partial charge on any atom is 0.325 e. The quantitative estimate of drug-likeness (QED) is 0.852. The zero-order valence-electron chi connectivity index (χ0n) is 11.4. The monoisotopic (exact) mass is 280 g/mol. The Balaban J connectivity index is 2.17. The van der Waals surface area contributed by atoms with Crippen molar-refractivity contribution in [3.8, 4) is 0 Å². The second-order valence-electron chi connectivity index (χ2n) is 4.85. The number of rotatable bonds is 4. The number of carboxylic acid groups (broad SMARTS) is 1. The molecule has 0 amide bonds. The van der Waals surface area contributed by atoms with Gasteiger partial charge in [-0.25, -0.2) is 0 Å². The fourth-order valence-electron chi connectivity index (χ4n) is 2.38. The van der Waals surface area contributed by atoms with Crippen LogP contribution in [0.3, 0.4) is 0 Å². The summed E-state index contributed by atoms with van der Waals surface area (Å²) in [5, 5.41) is 9.51. The van der Waals surface area contributed by atoms with Gasteiger partial charge in [0.2, 0.25) is 0 Å². The summed E-state index contributed by atoms with van der Waals surface area (Å²) < 4.78 is 0. The van der Waals surface area contributed by atoms with Gasteiger partial charge in [-0.3, -0.25) is 9.69 Å². The van der Waals surface area contributed by atoms with Crippen LogP contribution in [0.1, 0.15) is 11.6 Å². The number of piperazine rings is 1. The third-order valence-corrected chi connectivity index (χ3v) is 4.31. The molecule has 1 saturated heterocycles. The van der Waals surface area contributed by atoms with E-state index in [9.17, 15) is 9.90 Å². The summed E-state index contributed by atoms with van der Waals surface area (Å²) in [5.41, 5.74) is 0.870. The Kier molecular flexibility index (Phi) is 4.85. The smallest absolute Gasteiger partial charge is 0.325 e. The largest absolute Gasteiger partial charge is 0.480 e. The molecule has 4 nitrogen and oxygen atoms in total. The van der Waals surface area contributed by atoms with E-state index in [4.69, 9.17) is 0 Å². The second-order valence-corrected chi connectivity index (χ2v) is 5.73. The van der Waals surface area contributed by atoms with Crippen LogP contribution in [-0.2, 0) is 4.79 Å². The van der Waals surface area contributed by atoms with Crippen LogP contribution >= 0.6 is 11.8 Å². The first-order chi connectivity index (χ1) is 9.11. The molecule has 1 unspecified atom stereocenters. The number of nitrogens with zero attached hydrogens (tertiary/aromatic N) is 2. The lowest BCUT2D eigenvalue weighted by Gasteiger charge is -2.36. The van der Waals surface area contributed by atoms with Crippen LogP contribution in [0, 0.1) is 0 Å². The Morgan fingerprint density at radius 1 is 1.21 bits per heavy atom. The highest BCUT2D eigenvalue weighted by Crippen LogP contribution is 2.24. The second kappa shape index (κ2) is 6.41. The van der Waals surface area contributed by atoms with Gasteiger partial charge in [-0.05, 0) is 31.0 Å². The van der Waals surface area contributed by atoms with Crippen molar-refractivity contribution in [3.05, 3.63) is 29.8 Å². The van der Waals surface area contributed by atoms with Crippen molar-refractivity contribution < 1.29 is 9.90 Å². The summed E-state index contributed by atoms with van der Waals surface area (Å²) in [7, 11) is 2.07. The van der Waals surface area contributed by atoms with Gasteiger partial charge < -0.3 is 10.0 Å². The van der Waals surface area contributed by atoms with Crippen LogP contribution in [0.4, 0.5) is 0 Å². The molecule has 0 saturated carbocycles. The first-order valence-electron chi connectivity index (χ1n) is 6.41. The molecule has 1 aliphatic rings. The molecule has 5 heteroatoms. The van der Waals surface area contributed by atoms with Crippen molar-refractivity contribution in [2.24, 2.45) is 0 Å². The predicted molar refractivity (Wildman–Crippen MR) is 77.7 cm³/mol. The molecule has 0 aromatic heterocycles. The lowest BCUT2D eigenvalue weighted by Crippen LogP contribution is -2.47. The number of thioether (sulfide) groups is 1. The van der Waals surface area contributed by atoms with Crippen LogP contribution < -0.4 is 0 Å². The lowest BCUT2D eigenvalue weighted by atomic mass is 10.0. The zero-order chi connectivity index (χ0) is 13.8. The standard InChI is InChI=1S/C14H20N2O2S/c1-15-7-9-16(10-8-15)13(14(17)18)11-3-5-12(19-2)6-4-11/h3-6,13H,7-10H2,1-2H3,(H,17,18). The molecule has 0 radical (unpaired) electrons. The predicted octanol–water partition coefficient (Wildman–Crippen LogP) is 1.78. The Morgan fingerprint density at radius 2 is 1.79 bits per heavy atom. The van der Waals surface area contributed by atoms with Crippen molar-refractivity contribution in [3.63, 3.8) is 0 Å². The summed E-state index contributed by atoms with van der Waals surface area (Å²) >= 11 is 1.67. The topological polar surface area (TPSA) is 43.8 Å². The first-order valence-corrected chi connectivity index (χ1v) is 7.63. The van der Waals surface area contributed by atoms with E-state index in [-0.39, 0.29) is 0 Å². The molecule has 19 heavy (non-hydrogen) atoms. The zero-order valence-corrected chi connectivity index (χ0v) is 12.2. The molecule has 1 atom stereocenters. The maximum absolute atomic E-state index is 11.6.